The van der Waals surface area contributed by atoms with Crippen molar-refractivity contribution in [2.75, 3.05) is 19.6 Å². The molecule has 1 aliphatic rings. The molecule has 0 amide bonds. The predicted molar refractivity (Wildman–Crippen MR) is 123 cm³/mol. The van der Waals surface area contributed by atoms with Crippen LogP contribution in [0.1, 0.15) is 56.1 Å². The fourth-order valence-corrected chi connectivity index (χ4v) is 4.42. The minimum absolute atomic E-state index is 0.161. The second-order valence-corrected chi connectivity index (χ2v) is 8.51. The van der Waals surface area contributed by atoms with Crippen molar-refractivity contribution in [1.82, 2.24) is 4.90 Å². The smallest absolute Gasteiger partial charge is 0.0991 e. The van der Waals surface area contributed by atoms with Crippen molar-refractivity contribution in [2.45, 2.75) is 63.5 Å². The molecule has 3 rings (SSSR count). The van der Waals surface area contributed by atoms with E-state index in [0.717, 1.165) is 43.5 Å². The number of hydrogen-bond acceptors (Lipinski definition) is 4. The molecule has 0 spiro atoms. The maximum absolute atomic E-state index is 9.79. The van der Waals surface area contributed by atoms with Crippen LogP contribution < -0.4 is 5.73 Å². The lowest BCUT2D eigenvalue weighted by atomic mass is 9.98. The van der Waals surface area contributed by atoms with E-state index in [1.54, 1.807) is 0 Å². The van der Waals surface area contributed by atoms with Gasteiger partial charge in [0.15, 0.2) is 0 Å². The van der Waals surface area contributed by atoms with E-state index in [1.165, 1.54) is 37.7 Å². The van der Waals surface area contributed by atoms with Crippen molar-refractivity contribution in [3.63, 3.8) is 0 Å². The number of nitrogens with two attached hydrogens (primary N) is 1. The van der Waals surface area contributed by atoms with E-state index in [0.29, 0.717) is 18.2 Å². The summed E-state index contributed by atoms with van der Waals surface area (Å²) < 4.78 is 0. The van der Waals surface area contributed by atoms with Gasteiger partial charge in [0.2, 0.25) is 0 Å². The van der Waals surface area contributed by atoms with Gasteiger partial charge in [-0.05, 0) is 67.5 Å². The number of aliphatic hydroxyl groups excluding tert-OH is 1. The number of rotatable bonds is 10. The van der Waals surface area contributed by atoms with Crippen LogP contribution in [-0.4, -0.2) is 41.8 Å². The normalized spacial score (nSPS) is 19.5. The van der Waals surface area contributed by atoms with Gasteiger partial charge in [-0.25, -0.2) is 0 Å². The Hall–Kier alpha value is -2.19. The molecule has 0 bridgehead atoms. The Morgan fingerprint density at radius 2 is 1.77 bits per heavy atom. The van der Waals surface area contributed by atoms with Gasteiger partial charge in [0, 0.05) is 19.1 Å². The number of likely N-dealkylation sites (tertiary alicyclic amines) is 1. The minimum atomic E-state index is -0.161. The first-order valence-electron chi connectivity index (χ1n) is 11.4. The van der Waals surface area contributed by atoms with Crippen LogP contribution in [0.4, 0.5) is 0 Å². The number of unbranched alkanes of at least 4 members (excludes halogenated alkanes) is 4. The lowest BCUT2D eigenvalue weighted by molar-refractivity contribution is 0.0437. The first-order chi connectivity index (χ1) is 14.7. The second-order valence-electron chi connectivity index (χ2n) is 8.51. The molecule has 3 N–H and O–H groups in total. The zero-order valence-electron chi connectivity index (χ0n) is 18.0. The predicted octanol–water partition coefficient (Wildman–Crippen LogP) is 4.50. The number of aliphatic hydroxyl groups is 1. The molecule has 0 saturated carbocycles. The molecule has 30 heavy (non-hydrogen) atoms. The SMILES string of the molecule is N#Cc1cccc(-c2ccc(CCCCCCCN3CCC(O)CC3CN)cc2)c1. The Morgan fingerprint density at radius 3 is 2.53 bits per heavy atom. The molecule has 0 aromatic heterocycles. The summed E-state index contributed by atoms with van der Waals surface area (Å²) >= 11 is 0. The van der Waals surface area contributed by atoms with E-state index in [2.05, 4.69) is 41.3 Å². The van der Waals surface area contributed by atoms with Gasteiger partial charge in [0.25, 0.3) is 0 Å². The number of nitrogens with zero attached hydrogens (tertiary/aromatic N) is 2. The van der Waals surface area contributed by atoms with Crippen LogP contribution in [0, 0.1) is 11.3 Å². The van der Waals surface area contributed by atoms with Crippen molar-refractivity contribution in [2.24, 2.45) is 5.73 Å². The van der Waals surface area contributed by atoms with Crippen LogP contribution in [0.5, 0.6) is 0 Å². The highest BCUT2D eigenvalue weighted by Crippen LogP contribution is 2.22. The van der Waals surface area contributed by atoms with Gasteiger partial charge >= 0.3 is 0 Å². The van der Waals surface area contributed by atoms with E-state index < -0.39 is 0 Å². The number of aryl methyl sites for hydroxylation is 1. The van der Waals surface area contributed by atoms with Crippen LogP contribution in [0.2, 0.25) is 0 Å². The molecular formula is C26H35N3O. The Kier molecular flexibility index (Phi) is 8.89. The molecule has 1 aliphatic heterocycles. The molecule has 0 radical (unpaired) electrons. The van der Waals surface area contributed by atoms with Gasteiger partial charge in [-0.3, -0.25) is 4.90 Å². The van der Waals surface area contributed by atoms with Gasteiger partial charge in [0.05, 0.1) is 17.7 Å². The van der Waals surface area contributed by atoms with Gasteiger partial charge < -0.3 is 10.8 Å². The molecule has 2 atom stereocenters. The average molecular weight is 406 g/mol. The van der Waals surface area contributed by atoms with Crippen molar-refractivity contribution in [3.8, 4) is 17.2 Å². The molecule has 1 fully saturated rings. The largest absolute Gasteiger partial charge is 0.393 e. The highest BCUT2D eigenvalue weighted by Gasteiger charge is 2.25. The summed E-state index contributed by atoms with van der Waals surface area (Å²) in [6.45, 7) is 2.75. The van der Waals surface area contributed by atoms with Crippen LogP contribution in [0.15, 0.2) is 48.5 Å². The maximum atomic E-state index is 9.79. The van der Waals surface area contributed by atoms with E-state index in [-0.39, 0.29) is 6.10 Å². The quantitative estimate of drug-likeness (QED) is 0.571. The maximum Gasteiger partial charge on any atom is 0.0991 e. The Morgan fingerprint density at radius 1 is 1.00 bits per heavy atom. The topological polar surface area (TPSA) is 73.3 Å². The average Bonchev–Trinajstić information content (AvgIpc) is 2.79. The summed E-state index contributed by atoms with van der Waals surface area (Å²) in [5.74, 6) is 0. The third kappa shape index (κ3) is 6.67. The van der Waals surface area contributed by atoms with Gasteiger partial charge in [-0.2, -0.15) is 5.26 Å². The number of hydrogen-bond donors (Lipinski definition) is 2. The first-order valence-corrected chi connectivity index (χ1v) is 11.4. The molecule has 2 aromatic rings. The third-order valence-electron chi connectivity index (χ3n) is 6.27. The summed E-state index contributed by atoms with van der Waals surface area (Å²) in [5.41, 5.74) is 10.2. The molecule has 4 nitrogen and oxygen atoms in total. The summed E-state index contributed by atoms with van der Waals surface area (Å²) in [4.78, 5) is 2.47. The molecular weight excluding hydrogens is 370 g/mol. The van der Waals surface area contributed by atoms with Gasteiger partial charge in [0.1, 0.15) is 0 Å². The summed E-state index contributed by atoms with van der Waals surface area (Å²) in [5, 5.41) is 18.9. The van der Waals surface area contributed by atoms with Crippen LogP contribution in [0.3, 0.4) is 0 Å². The highest BCUT2D eigenvalue weighted by atomic mass is 16.3. The molecule has 1 saturated heterocycles. The molecule has 0 aliphatic carbocycles. The standard InChI is InChI=1S/C26H35N3O/c27-19-22-8-6-9-24(17-22)23-12-10-21(11-13-23)7-4-2-1-3-5-15-29-16-14-26(30)18-25(29)20-28/h6,8-13,17,25-26,30H,1-5,7,14-16,18,20,28H2. The van der Waals surface area contributed by atoms with Crippen LogP contribution >= 0.6 is 0 Å². The highest BCUT2D eigenvalue weighted by molar-refractivity contribution is 5.65. The van der Waals surface area contributed by atoms with Crippen LogP contribution in [0.25, 0.3) is 11.1 Å². The zero-order chi connectivity index (χ0) is 21.2. The first kappa shape index (κ1) is 22.5. The number of benzene rings is 2. The molecule has 2 aromatic carbocycles. The van der Waals surface area contributed by atoms with Gasteiger partial charge in [-0.1, -0.05) is 55.7 Å². The Balaban J connectivity index is 1.32. The number of piperidine rings is 1. The fourth-order valence-electron chi connectivity index (χ4n) is 4.42. The summed E-state index contributed by atoms with van der Waals surface area (Å²) in [6.07, 6.45) is 8.95. The minimum Gasteiger partial charge on any atom is -0.393 e. The second kappa shape index (κ2) is 11.9. The van der Waals surface area contributed by atoms with E-state index in [1.807, 2.05) is 18.2 Å². The van der Waals surface area contributed by atoms with Gasteiger partial charge in [-0.15, -0.1) is 0 Å². The van der Waals surface area contributed by atoms with Crippen molar-refractivity contribution in [1.29, 1.82) is 5.26 Å². The van der Waals surface area contributed by atoms with Crippen molar-refractivity contribution in [3.05, 3.63) is 59.7 Å². The molecule has 1 heterocycles. The summed E-state index contributed by atoms with van der Waals surface area (Å²) in [6, 6.07) is 19.1. The van der Waals surface area contributed by atoms with E-state index in [9.17, 15) is 5.11 Å². The lowest BCUT2D eigenvalue weighted by Gasteiger charge is -2.37. The number of nitriles is 1. The fraction of sp³-hybridized carbons (Fsp3) is 0.500. The lowest BCUT2D eigenvalue weighted by Crippen LogP contribution is -2.48. The molecule has 2 unspecified atom stereocenters. The summed E-state index contributed by atoms with van der Waals surface area (Å²) in [7, 11) is 0. The van der Waals surface area contributed by atoms with Crippen molar-refractivity contribution >= 4 is 0 Å². The Labute approximate surface area is 181 Å². The van der Waals surface area contributed by atoms with E-state index >= 15 is 0 Å². The van der Waals surface area contributed by atoms with Crippen molar-refractivity contribution < 1.29 is 5.11 Å². The zero-order valence-corrected chi connectivity index (χ0v) is 18.0. The third-order valence-corrected chi connectivity index (χ3v) is 6.27. The Bertz CT molecular complexity index is 812. The van der Waals surface area contributed by atoms with Crippen LogP contribution in [-0.2, 0) is 6.42 Å². The van der Waals surface area contributed by atoms with E-state index in [4.69, 9.17) is 11.0 Å². The monoisotopic (exact) mass is 405 g/mol. The molecule has 4 heteroatoms. The molecule has 160 valence electrons.